The maximum absolute atomic E-state index is 12.6. The lowest BCUT2D eigenvalue weighted by Crippen LogP contribution is -2.31. The van der Waals surface area contributed by atoms with Gasteiger partial charge in [-0.25, -0.2) is 0 Å². The fourth-order valence-corrected chi connectivity index (χ4v) is 2.86. The molecule has 0 saturated carbocycles. The number of anilines is 1. The van der Waals surface area contributed by atoms with E-state index in [1.807, 2.05) is 13.8 Å². The van der Waals surface area contributed by atoms with E-state index >= 15 is 0 Å². The van der Waals surface area contributed by atoms with Crippen LogP contribution in [0.15, 0.2) is 46.9 Å². The Kier molecular flexibility index (Phi) is 8.05. The zero-order valence-corrected chi connectivity index (χ0v) is 18.3. The predicted molar refractivity (Wildman–Crippen MR) is 116 cm³/mol. The first-order chi connectivity index (χ1) is 13.3. The number of hydrogen-bond donors (Lipinski definition) is 2. The van der Waals surface area contributed by atoms with Crippen molar-refractivity contribution in [2.24, 2.45) is 5.92 Å². The van der Waals surface area contributed by atoms with Crippen molar-refractivity contribution in [1.82, 2.24) is 5.32 Å². The van der Waals surface area contributed by atoms with E-state index in [-0.39, 0.29) is 17.9 Å². The smallest absolute Gasteiger partial charge is 0.255 e. The number of halogens is 1. The van der Waals surface area contributed by atoms with Crippen LogP contribution < -0.4 is 15.4 Å². The standard InChI is InChI=1S/C22H27BrN2O3/c1-5-15(4)24-21(26)16-7-6-8-18(11-16)25-22(27)17-9-10-20(19(23)12-17)28-13-14(2)3/h6-12,14-15H,5,13H2,1-4H3,(H,24,26)(H,25,27). The number of ether oxygens (including phenoxy) is 1. The monoisotopic (exact) mass is 446 g/mol. The number of carbonyl (C=O) groups excluding carboxylic acids is 2. The van der Waals surface area contributed by atoms with Crippen molar-refractivity contribution < 1.29 is 14.3 Å². The Balaban J connectivity index is 2.07. The molecule has 0 aliphatic carbocycles. The fourth-order valence-electron chi connectivity index (χ4n) is 2.37. The largest absolute Gasteiger partial charge is 0.492 e. The Morgan fingerprint density at radius 1 is 1.04 bits per heavy atom. The van der Waals surface area contributed by atoms with Gasteiger partial charge in [0.15, 0.2) is 0 Å². The Hall–Kier alpha value is -2.34. The van der Waals surface area contributed by atoms with Crippen molar-refractivity contribution in [2.45, 2.75) is 40.2 Å². The minimum Gasteiger partial charge on any atom is -0.492 e. The summed E-state index contributed by atoms with van der Waals surface area (Å²) in [4.78, 5) is 24.8. The van der Waals surface area contributed by atoms with Gasteiger partial charge in [0.2, 0.25) is 0 Å². The minimum atomic E-state index is -0.254. The molecule has 28 heavy (non-hydrogen) atoms. The average molecular weight is 447 g/mol. The molecule has 1 unspecified atom stereocenters. The highest BCUT2D eigenvalue weighted by atomic mass is 79.9. The van der Waals surface area contributed by atoms with E-state index in [1.165, 1.54) is 0 Å². The molecule has 2 aromatic carbocycles. The molecule has 0 aromatic heterocycles. The highest BCUT2D eigenvalue weighted by Gasteiger charge is 2.12. The quantitative estimate of drug-likeness (QED) is 0.580. The van der Waals surface area contributed by atoms with Gasteiger partial charge < -0.3 is 15.4 Å². The zero-order valence-electron chi connectivity index (χ0n) is 16.7. The molecule has 0 radical (unpaired) electrons. The second-order valence-corrected chi connectivity index (χ2v) is 8.02. The molecule has 0 aliphatic heterocycles. The number of benzene rings is 2. The maximum atomic E-state index is 12.6. The molecule has 2 amide bonds. The molecule has 6 heteroatoms. The minimum absolute atomic E-state index is 0.0968. The number of nitrogens with one attached hydrogen (secondary N) is 2. The third-order valence-corrected chi connectivity index (χ3v) is 4.76. The summed E-state index contributed by atoms with van der Waals surface area (Å²) in [6.07, 6.45) is 0.855. The van der Waals surface area contributed by atoms with Gasteiger partial charge in [-0.2, -0.15) is 0 Å². The Morgan fingerprint density at radius 2 is 1.75 bits per heavy atom. The van der Waals surface area contributed by atoms with Gasteiger partial charge in [-0.3, -0.25) is 9.59 Å². The van der Waals surface area contributed by atoms with Crippen LogP contribution in [0, 0.1) is 5.92 Å². The first-order valence-corrected chi connectivity index (χ1v) is 10.2. The van der Waals surface area contributed by atoms with Crippen molar-refractivity contribution in [3.63, 3.8) is 0 Å². The number of hydrogen-bond acceptors (Lipinski definition) is 3. The van der Waals surface area contributed by atoms with Crippen molar-refractivity contribution >= 4 is 33.4 Å². The van der Waals surface area contributed by atoms with E-state index in [0.717, 1.165) is 10.9 Å². The van der Waals surface area contributed by atoms with Crippen molar-refractivity contribution in [3.8, 4) is 5.75 Å². The summed E-state index contributed by atoms with van der Waals surface area (Å²) in [5, 5.41) is 5.76. The third kappa shape index (κ3) is 6.37. The molecule has 0 fully saturated rings. The van der Waals surface area contributed by atoms with E-state index in [9.17, 15) is 9.59 Å². The number of amides is 2. The van der Waals surface area contributed by atoms with Crippen LogP contribution in [0.2, 0.25) is 0 Å². The molecule has 0 saturated heterocycles. The van der Waals surface area contributed by atoms with Crippen LogP contribution in [0.5, 0.6) is 5.75 Å². The van der Waals surface area contributed by atoms with Gasteiger partial charge in [0.25, 0.3) is 11.8 Å². The van der Waals surface area contributed by atoms with Crippen LogP contribution >= 0.6 is 15.9 Å². The molecule has 1 atom stereocenters. The van der Waals surface area contributed by atoms with Gasteiger partial charge in [0.05, 0.1) is 11.1 Å². The van der Waals surface area contributed by atoms with Crippen LogP contribution in [0.1, 0.15) is 54.8 Å². The number of carbonyl (C=O) groups is 2. The zero-order chi connectivity index (χ0) is 20.7. The van der Waals surface area contributed by atoms with Gasteiger partial charge in [0, 0.05) is 22.9 Å². The van der Waals surface area contributed by atoms with Crippen molar-refractivity contribution in [1.29, 1.82) is 0 Å². The third-order valence-electron chi connectivity index (χ3n) is 4.14. The second kappa shape index (κ2) is 10.3. The molecule has 150 valence electrons. The molecule has 2 aromatic rings. The first kappa shape index (κ1) is 22.0. The lowest BCUT2D eigenvalue weighted by molar-refractivity contribution is 0.0938. The molecule has 0 heterocycles. The van der Waals surface area contributed by atoms with Crippen molar-refractivity contribution in [3.05, 3.63) is 58.1 Å². The summed E-state index contributed by atoms with van der Waals surface area (Å²) >= 11 is 3.45. The lowest BCUT2D eigenvalue weighted by atomic mass is 10.1. The SMILES string of the molecule is CCC(C)NC(=O)c1cccc(NC(=O)c2ccc(OCC(C)C)c(Br)c2)c1. The van der Waals surface area contributed by atoms with Crippen LogP contribution in [0.25, 0.3) is 0 Å². The summed E-state index contributed by atoms with van der Waals surface area (Å²) in [6.45, 7) is 8.73. The summed E-state index contributed by atoms with van der Waals surface area (Å²) in [5.41, 5.74) is 1.58. The normalized spacial score (nSPS) is 11.8. The van der Waals surface area contributed by atoms with Crippen LogP contribution in [0.3, 0.4) is 0 Å². The number of rotatable bonds is 8. The van der Waals surface area contributed by atoms with E-state index < -0.39 is 0 Å². The Morgan fingerprint density at radius 3 is 2.39 bits per heavy atom. The summed E-state index contributed by atoms with van der Waals surface area (Å²) in [7, 11) is 0. The second-order valence-electron chi connectivity index (χ2n) is 7.17. The summed E-state index contributed by atoms with van der Waals surface area (Å²) in [5.74, 6) is 0.712. The van der Waals surface area contributed by atoms with Crippen LogP contribution in [0.4, 0.5) is 5.69 Å². The Labute approximate surface area is 175 Å². The summed E-state index contributed by atoms with van der Waals surface area (Å²) in [6, 6.07) is 12.2. The maximum Gasteiger partial charge on any atom is 0.255 e. The molecular weight excluding hydrogens is 420 g/mol. The molecule has 5 nitrogen and oxygen atoms in total. The van der Waals surface area contributed by atoms with Crippen LogP contribution in [-0.4, -0.2) is 24.5 Å². The van der Waals surface area contributed by atoms with Gasteiger partial charge in [-0.1, -0.05) is 26.8 Å². The molecular formula is C22H27BrN2O3. The van der Waals surface area contributed by atoms with Crippen LogP contribution in [-0.2, 0) is 0 Å². The van der Waals surface area contributed by atoms with Gasteiger partial charge in [-0.15, -0.1) is 0 Å². The molecule has 2 rings (SSSR count). The molecule has 0 aliphatic rings. The van der Waals surface area contributed by atoms with E-state index in [0.29, 0.717) is 35.1 Å². The Bertz CT molecular complexity index is 836. The van der Waals surface area contributed by atoms with Crippen molar-refractivity contribution in [2.75, 3.05) is 11.9 Å². The highest BCUT2D eigenvalue weighted by molar-refractivity contribution is 9.10. The fraction of sp³-hybridized carbons (Fsp3) is 0.364. The van der Waals surface area contributed by atoms with E-state index in [2.05, 4.69) is 40.4 Å². The van der Waals surface area contributed by atoms with E-state index in [1.54, 1.807) is 42.5 Å². The van der Waals surface area contributed by atoms with Gasteiger partial charge in [-0.05, 0) is 71.6 Å². The molecule has 2 N–H and O–H groups in total. The molecule has 0 bridgehead atoms. The predicted octanol–water partition coefficient (Wildman–Crippen LogP) is 5.26. The van der Waals surface area contributed by atoms with Gasteiger partial charge >= 0.3 is 0 Å². The van der Waals surface area contributed by atoms with E-state index in [4.69, 9.17) is 4.74 Å². The van der Waals surface area contributed by atoms with Gasteiger partial charge in [0.1, 0.15) is 5.75 Å². The molecule has 0 spiro atoms. The highest BCUT2D eigenvalue weighted by Crippen LogP contribution is 2.27. The topological polar surface area (TPSA) is 67.4 Å². The summed E-state index contributed by atoms with van der Waals surface area (Å²) < 4.78 is 6.44. The first-order valence-electron chi connectivity index (χ1n) is 9.44. The average Bonchev–Trinajstić information content (AvgIpc) is 2.66. The lowest BCUT2D eigenvalue weighted by Gasteiger charge is -2.13.